The fraction of sp³-hybridized carbons (Fsp3) is 0.364. The Hall–Kier alpha value is -1.89. The van der Waals surface area contributed by atoms with Crippen LogP contribution in [0.1, 0.15) is 23.8 Å². The zero-order chi connectivity index (χ0) is 11.3. The number of rotatable bonds is 4. The molecule has 0 aliphatic rings. The molecule has 0 aliphatic heterocycles. The summed E-state index contributed by atoms with van der Waals surface area (Å²) in [7, 11) is 1.49. The fourth-order valence-corrected chi connectivity index (χ4v) is 1.11. The minimum atomic E-state index is -0.287. The number of hydrogen-bond acceptors (Lipinski definition) is 4. The summed E-state index contributed by atoms with van der Waals surface area (Å²) in [5, 5.41) is 8.58. The van der Waals surface area contributed by atoms with Gasteiger partial charge >= 0.3 is 0 Å². The van der Waals surface area contributed by atoms with Gasteiger partial charge in [-0.25, -0.2) is 4.98 Å². The number of aromatic nitrogens is 1. The molecule has 78 valence electrons. The van der Waals surface area contributed by atoms with Gasteiger partial charge in [0, 0.05) is 12.5 Å². The second-order valence-electron chi connectivity index (χ2n) is 3.22. The summed E-state index contributed by atoms with van der Waals surface area (Å²) in [5.41, 5.74) is 0.344. The molecule has 4 nitrogen and oxygen atoms in total. The van der Waals surface area contributed by atoms with E-state index in [1.54, 1.807) is 25.1 Å². The molecule has 0 saturated carbocycles. The van der Waals surface area contributed by atoms with Gasteiger partial charge in [-0.1, -0.05) is 6.07 Å². The lowest BCUT2D eigenvalue weighted by Gasteiger charge is -2.03. The van der Waals surface area contributed by atoms with Crippen LogP contribution in [0.3, 0.4) is 0 Å². The SMILES string of the molecule is COc1cccc(C(=O)CC(C)C#N)n1. The molecule has 15 heavy (non-hydrogen) atoms. The number of Topliss-reactive ketones (excluding diaryl/α,β-unsaturated/α-hetero) is 1. The number of pyridine rings is 1. The Bertz CT molecular complexity index is 396. The van der Waals surface area contributed by atoms with E-state index in [-0.39, 0.29) is 18.1 Å². The van der Waals surface area contributed by atoms with Gasteiger partial charge < -0.3 is 4.74 Å². The summed E-state index contributed by atoms with van der Waals surface area (Å²) >= 11 is 0. The maximum atomic E-state index is 11.6. The first kappa shape index (κ1) is 11.2. The van der Waals surface area contributed by atoms with Crippen LogP contribution in [0.25, 0.3) is 0 Å². The number of nitrogens with zero attached hydrogens (tertiary/aromatic N) is 2. The number of ether oxygens (including phenoxy) is 1. The standard InChI is InChI=1S/C11H12N2O2/c1-8(7-12)6-10(14)9-4-3-5-11(13-9)15-2/h3-5,8H,6H2,1-2H3. The quantitative estimate of drug-likeness (QED) is 0.702. The van der Waals surface area contributed by atoms with E-state index in [1.807, 2.05) is 6.07 Å². The number of hydrogen-bond donors (Lipinski definition) is 0. The van der Waals surface area contributed by atoms with Crippen molar-refractivity contribution in [3.8, 4) is 11.9 Å². The number of carbonyl (C=O) groups is 1. The Kier molecular flexibility index (Phi) is 3.81. The molecule has 4 heteroatoms. The lowest BCUT2D eigenvalue weighted by atomic mass is 10.0. The third-order valence-electron chi connectivity index (χ3n) is 1.93. The van der Waals surface area contributed by atoms with Gasteiger partial charge in [-0.2, -0.15) is 5.26 Å². The second-order valence-corrected chi connectivity index (χ2v) is 3.22. The lowest BCUT2D eigenvalue weighted by molar-refractivity contribution is 0.0967. The van der Waals surface area contributed by atoms with Crippen LogP contribution in [0.5, 0.6) is 5.88 Å². The summed E-state index contributed by atoms with van der Waals surface area (Å²) in [6, 6.07) is 7.01. The molecule has 1 heterocycles. The van der Waals surface area contributed by atoms with E-state index in [4.69, 9.17) is 10.00 Å². The van der Waals surface area contributed by atoms with Gasteiger partial charge in [0.25, 0.3) is 0 Å². The third-order valence-corrected chi connectivity index (χ3v) is 1.93. The summed E-state index contributed by atoms with van der Waals surface area (Å²) in [6.45, 7) is 1.71. The van der Waals surface area contributed by atoms with E-state index >= 15 is 0 Å². The smallest absolute Gasteiger partial charge is 0.213 e. The Morgan fingerprint density at radius 2 is 2.40 bits per heavy atom. The fourth-order valence-electron chi connectivity index (χ4n) is 1.11. The van der Waals surface area contributed by atoms with Crippen molar-refractivity contribution in [2.45, 2.75) is 13.3 Å². The molecular weight excluding hydrogens is 192 g/mol. The van der Waals surface area contributed by atoms with Crippen molar-refractivity contribution >= 4 is 5.78 Å². The first-order valence-corrected chi connectivity index (χ1v) is 4.61. The molecule has 0 saturated heterocycles. The molecule has 0 fully saturated rings. The van der Waals surface area contributed by atoms with Crippen molar-refractivity contribution < 1.29 is 9.53 Å². The van der Waals surface area contributed by atoms with Crippen LogP contribution in [0.4, 0.5) is 0 Å². The normalized spacial score (nSPS) is 11.5. The van der Waals surface area contributed by atoms with E-state index in [9.17, 15) is 4.79 Å². The van der Waals surface area contributed by atoms with Gasteiger partial charge in [0.15, 0.2) is 5.78 Å². The van der Waals surface area contributed by atoms with Crippen molar-refractivity contribution in [3.05, 3.63) is 23.9 Å². The molecule has 0 aromatic carbocycles. The molecule has 0 N–H and O–H groups in total. The maximum absolute atomic E-state index is 11.6. The highest BCUT2D eigenvalue weighted by molar-refractivity contribution is 5.94. The average Bonchev–Trinajstić information content (AvgIpc) is 2.28. The van der Waals surface area contributed by atoms with Crippen LogP contribution < -0.4 is 4.74 Å². The molecule has 1 rings (SSSR count). The molecule has 1 unspecified atom stereocenters. The molecule has 0 bridgehead atoms. The van der Waals surface area contributed by atoms with E-state index < -0.39 is 0 Å². The van der Waals surface area contributed by atoms with Crippen molar-refractivity contribution in [1.29, 1.82) is 5.26 Å². The topological polar surface area (TPSA) is 63.0 Å². The molecule has 1 aromatic heterocycles. The van der Waals surface area contributed by atoms with E-state index in [2.05, 4.69) is 4.98 Å². The Balaban J connectivity index is 2.78. The highest BCUT2D eigenvalue weighted by Crippen LogP contribution is 2.11. The monoisotopic (exact) mass is 204 g/mol. The molecule has 1 aromatic rings. The van der Waals surface area contributed by atoms with Crippen LogP contribution in [-0.4, -0.2) is 17.9 Å². The van der Waals surface area contributed by atoms with Crippen LogP contribution >= 0.6 is 0 Å². The minimum Gasteiger partial charge on any atom is -0.481 e. The number of nitriles is 1. The summed E-state index contributed by atoms with van der Waals surface area (Å²) < 4.78 is 4.91. The zero-order valence-corrected chi connectivity index (χ0v) is 8.73. The first-order valence-electron chi connectivity index (χ1n) is 4.61. The van der Waals surface area contributed by atoms with E-state index in [0.717, 1.165) is 0 Å². The summed E-state index contributed by atoms with van der Waals surface area (Å²) in [4.78, 5) is 15.6. The molecule has 1 atom stereocenters. The molecule has 0 aliphatic carbocycles. The van der Waals surface area contributed by atoms with Crippen LogP contribution in [0.15, 0.2) is 18.2 Å². The van der Waals surface area contributed by atoms with Crippen molar-refractivity contribution in [1.82, 2.24) is 4.98 Å². The minimum absolute atomic E-state index is 0.136. The van der Waals surface area contributed by atoms with Gasteiger partial charge in [-0.3, -0.25) is 4.79 Å². The largest absolute Gasteiger partial charge is 0.481 e. The van der Waals surface area contributed by atoms with E-state index in [0.29, 0.717) is 11.6 Å². The summed E-state index contributed by atoms with van der Waals surface area (Å²) in [5.74, 6) is -0.0149. The van der Waals surface area contributed by atoms with Crippen molar-refractivity contribution in [2.24, 2.45) is 5.92 Å². The highest BCUT2D eigenvalue weighted by Gasteiger charge is 2.12. The van der Waals surface area contributed by atoms with Gasteiger partial charge in [0.05, 0.1) is 19.1 Å². The molecular formula is C11H12N2O2. The van der Waals surface area contributed by atoms with Gasteiger partial charge in [-0.15, -0.1) is 0 Å². The van der Waals surface area contributed by atoms with E-state index in [1.165, 1.54) is 7.11 Å². The predicted octanol–water partition coefficient (Wildman–Crippen LogP) is 1.82. The van der Waals surface area contributed by atoms with Crippen molar-refractivity contribution in [2.75, 3.05) is 7.11 Å². The van der Waals surface area contributed by atoms with Gasteiger partial charge in [0.1, 0.15) is 5.69 Å². The molecule has 0 amide bonds. The third kappa shape index (κ3) is 3.06. The number of ketones is 1. The van der Waals surface area contributed by atoms with Gasteiger partial charge in [-0.05, 0) is 13.0 Å². The molecule has 0 radical (unpaired) electrons. The second kappa shape index (κ2) is 5.11. The first-order chi connectivity index (χ1) is 7.17. The zero-order valence-electron chi connectivity index (χ0n) is 8.73. The Labute approximate surface area is 88.5 Å². The number of carbonyl (C=O) groups excluding carboxylic acids is 1. The van der Waals surface area contributed by atoms with Crippen LogP contribution in [0, 0.1) is 17.2 Å². The van der Waals surface area contributed by atoms with Gasteiger partial charge in [0.2, 0.25) is 5.88 Å². The highest BCUT2D eigenvalue weighted by atomic mass is 16.5. The predicted molar refractivity (Wildman–Crippen MR) is 54.5 cm³/mol. The lowest BCUT2D eigenvalue weighted by Crippen LogP contribution is -2.07. The Morgan fingerprint density at radius 1 is 1.67 bits per heavy atom. The van der Waals surface area contributed by atoms with Crippen molar-refractivity contribution in [3.63, 3.8) is 0 Å². The number of methoxy groups -OCH3 is 1. The van der Waals surface area contributed by atoms with Crippen LogP contribution in [0.2, 0.25) is 0 Å². The summed E-state index contributed by atoms with van der Waals surface area (Å²) in [6.07, 6.45) is 0.191. The van der Waals surface area contributed by atoms with Crippen LogP contribution in [-0.2, 0) is 0 Å². The Morgan fingerprint density at radius 3 is 3.00 bits per heavy atom. The average molecular weight is 204 g/mol. The maximum Gasteiger partial charge on any atom is 0.213 e. The molecule has 0 spiro atoms.